The summed E-state index contributed by atoms with van der Waals surface area (Å²) in [6.07, 6.45) is 3.15. The first kappa shape index (κ1) is 23.9. The lowest BCUT2D eigenvalue weighted by molar-refractivity contribution is -0.130. The van der Waals surface area contributed by atoms with E-state index in [2.05, 4.69) is 59.5 Å². The molecular formula is C22H36IN5O. The Labute approximate surface area is 192 Å². The van der Waals surface area contributed by atoms with Gasteiger partial charge in [-0.2, -0.15) is 0 Å². The topological polar surface area (TPSA) is 60.0 Å². The Kier molecular flexibility index (Phi) is 9.68. The van der Waals surface area contributed by atoms with E-state index in [9.17, 15) is 4.79 Å². The molecule has 3 rings (SSSR count). The zero-order valence-electron chi connectivity index (χ0n) is 18.0. The van der Waals surface area contributed by atoms with E-state index in [-0.39, 0.29) is 36.4 Å². The predicted octanol–water partition coefficient (Wildman–Crippen LogP) is 2.62. The van der Waals surface area contributed by atoms with Crippen LogP contribution in [0.5, 0.6) is 0 Å². The number of aliphatic imine (C=N–C) groups is 1. The van der Waals surface area contributed by atoms with Crippen LogP contribution in [0.3, 0.4) is 0 Å². The summed E-state index contributed by atoms with van der Waals surface area (Å²) >= 11 is 0. The molecule has 1 aromatic rings. The molecule has 2 N–H and O–H groups in total. The number of rotatable bonds is 5. The third kappa shape index (κ3) is 6.84. The summed E-state index contributed by atoms with van der Waals surface area (Å²) in [6.45, 7) is 11.3. The molecule has 162 valence electrons. The number of guanidine groups is 1. The molecule has 1 aromatic carbocycles. The average Bonchev–Trinajstić information content (AvgIpc) is 2.72. The van der Waals surface area contributed by atoms with Gasteiger partial charge in [0.2, 0.25) is 5.91 Å². The fraction of sp³-hybridized carbons (Fsp3) is 0.636. The van der Waals surface area contributed by atoms with E-state index in [1.165, 1.54) is 11.1 Å². The summed E-state index contributed by atoms with van der Waals surface area (Å²) < 4.78 is 0. The second kappa shape index (κ2) is 11.7. The maximum Gasteiger partial charge on any atom is 0.244 e. The number of likely N-dealkylation sites (tertiary alicyclic amines) is 1. The molecular weight excluding hydrogens is 477 g/mol. The van der Waals surface area contributed by atoms with Gasteiger partial charge in [0.05, 0.1) is 0 Å². The molecule has 6 nitrogen and oxygen atoms in total. The Morgan fingerprint density at radius 2 is 1.86 bits per heavy atom. The Bertz CT molecular complexity index is 686. The van der Waals surface area contributed by atoms with Gasteiger partial charge in [-0.15, -0.1) is 24.0 Å². The lowest BCUT2D eigenvalue weighted by atomic mass is 10.00. The standard InChI is InChI=1S/C22H35N5O.HI/c1-4-23-22(25-20-10-13-26(14-11-20)17(2)3)24-15-21(28)27-12-9-18-7-5-6-8-19(18)16-27;/h5-8,17,20H,4,9-16H2,1-3H3,(H2,23,24,25);1H. The van der Waals surface area contributed by atoms with E-state index in [1.807, 2.05) is 11.0 Å². The number of benzene rings is 1. The minimum atomic E-state index is 0. The molecule has 1 fully saturated rings. The fourth-order valence-electron chi connectivity index (χ4n) is 4.03. The van der Waals surface area contributed by atoms with Gasteiger partial charge < -0.3 is 20.4 Å². The maximum atomic E-state index is 12.7. The van der Waals surface area contributed by atoms with E-state index < -0.39 is 0 Å². The molecule has 1 amide bonds. The SMILES string of the molecule is CCNC(=NCC(=O)N1CCc2ccccc2C1)NC1CCN(C(C)C)CC1.I. The van der Waals surface area contributed by atoms with Gasteiger partial charge in [0.25, 0.3) is 0 Å². The molecule has 2 aliphatic rings. The van der Waals surface area contributed by atoms with Crippen molar-refractivity contribution in [2.24, 2.45) is 4.99 Å². The first-order chi connectivity index (χ1) is 13.6. The normalized spacial score (nSPS) is 18.2. The number of carbonyl (C=O) groups excluding carboxylic acids is 1. The molecule has 29 heavy (non-hydrogen) atoms. The third-order valence-electron chi connectivity index (χ3n) is 5.80. The van der Waals surface area contributed by atoms with Crippen LogP contribution in [0.15, 0.2) is 29.3 Å². The molecule has 0 bridgehead atoms. The quantitative estimate of drug-likeness (QED) is 0.361. The molecule has 0 unspecified atom stereocenters. The highest BCUT2D eigenvalue weighted by atomic mass is 127. The zero-order chi connectivity index (χ0) is 19.9. The second-order valence-electron chi connectivity index (χ2n) is 8.08. The second-order valence-corrected chi connectivity index (χ2v) is 8.08. The van der Waals surface area contributed by atoms with E-state index in [4.69, 9.17) is 0 Å². The molecule has 2 aliphatic heterocycles. The van der Waals surface area contributed by atoms with Crippen molar-refractivity contribution in [3.63, 3.8) is 0 Å². The van der Waals surface area contributed by atoms with Crippen molar-refractivity contribution >= 4 is 35.8 Å². The van der Waals surface area contributed by atoms with E-state index in [1.54, 1.807) is 0 Å². The maximum absolute atomic E-state index is 12.7. The molecule has 0 aliphatic carbocycles. The highest BCUT2D eigenvalue weighted by Crippen LogP contribution is 2.18. The molecule has 2 heterocycles. The van der Waals surface area contributed by atoms with Crippen molar-refractivity contribution in [2.75, 3.05) is 32.7 Å². The van der Waals surface area contributed by atoms with E-state index >= 15 is 0 Å². The highest BCUT2D eigenvalue weighted by Gasteiger charge is 2.22. The van der Waals surface area contributed by atoms with Crippen LogP contribution < -0.4 is 10.6 Å². The van der Waals surface area contributed by atoms with Gasteiger partial charge in [0.15, 0.2) is 5.96 Å². The summed E-state index contributed by atoms with van der Waals surface area (Å²) in [4.78, 5) is 21.7. The highest BCUT2D eigenvalue weighted by molar-refractivity contribution is 14.0. The summed E-state index contributed by atoms with van der Waals surface area (Å²) in [5.74, 6) is 0.859. The van der Waals surface area contributed by atoms with E-state index in [0.717, 1.165) is 51.4 Å². The van der Waals surface area contributed by atoms with Gasteiger partial charge in [-0.25, -0.2) is 4.99 Å². The van der Waals surface area contributed by atoms with Gasteiger partial charge in [-0.1, -0.05) is 24.3 Å². The average molecular weight is 513 g/mol. The summed E-state index contributed by atoms with van der Waals surface area (Å²) in [7, 11) is 0. The minimum Gasteiger partial charge on any atom is -0.357 e. The van der Waals surface area contributed by atoms with Crippen LogP contribution in [-0.2, 0) is 17.8 Å². The van der Waals surface area contributed by atoms with Crippen molar-refractivity contribution in [2.45, 2.75) is 58.7 Å². The van der Waals surface area contributed by atoms with E-state index in [0.29, 0.717) is 18.6 Å². The smallest absolute Gasteiger partial charge is 0.244 e. The Morgan fingerprint density at radius 3 is 2.52 bits per heavy atom. The zero-order valence-corrected chi connectivity index (χ0v) is 20.3. The number of piperidine rings is 1. The van der Waals surface area contributed by atoms with Crippen molar-refractivity contribution in [1.29, 1.82) is 0 Å². The van der Waals surface area contributed by atoms with Gasteiger partial charge in [0, 0.05) is 44.8 Å². The van der Waals surface area contributed by atoms with Crippen molar-refractivity contribution in [3.8, 4) is 0 Å². The van der Waals surface area contributed by atoms with Crippen LogP contribution in [0.2, 0.25) is 0 Å². The van der Waals surface area contributed by atoms with Crippen molar-refractivity contribution in [3.05, 3.63) is 35.4 Å². The molecule has 1 saturated heterocycles. The largest absolute Gasteiger partial charge is 0.357 e. The summed E-state index contributed by atoms with van der Waals surface area (Å²) in [5.41, 5.74) is 2.62. The van der Waals surface area contributed by atoms with Crippen molar-refractivity contribution < 1.29 is 4.79 Å². The third-order valence-corrected chi connectivity index (χ3v) is 5.80. The Balaban J connectivity index is 0.00000300. The lowest BCUT2D eigenvalue weighted by Gasteiger charge is -2.35. The van der Waals surface area contributed by atoms with Crippen molar-refractivity contribution in [1.82, 2.24) is 20.4 Å². The number of nitrogens with zero attached hydrogens (tertiary/aromatic N) is 3. The number of halogens is 1. The number of carbonyl (C=O) groups is 1. The van der Waals surface area contributed by atoms with Gasteiger partial charge in [-0.3, -0.25) is 4.79 Å². The monoisotopic (exact) mass is 513 g/mol. The van der Waals surface area contributed by atoms with Crippen LogP contribution in [-0.4, -0.2) is 66.5 Å². The Hall–Kier alpha value is -1.35. The minimum absolute atomic E-state index is 0. The number of amides is 1. The molecule has 7 heteroatoms. The van der Waals surface area contributed by atoms with Gasteiger partial charge >= 0.3 is 0 Å². The molecule has 0 spiro atoms. The molecule has 0 radical (unpaired) electrons. The molecule has 0 atom stereocenters. The fourth-order valence-corrected chi connectivity index (χ4v) is 4.03. The predicted molar refractivity (Wildman–Crippen MR) is 130 cm³/mol. The molecule has 0 aromatic heterocycles. The van der Waals surface area contributed by atoms with Gasteiger partial charge in [0.1, 0.15) is 6.54 Å². The van der Waals surface area contributed by atoms with Gasteiger partial charge in [-0.05, 0) is 51.2 Å². The van der Waals surface area contributed by atoms with Crippen LogP contribution in [0.1, 0.15) is 44.7 Å². The molecule has 0 saturated carbocycles. The number of nitrogens with one attached hydrogen (secondary N) is 2. The summed E-state index contributed by atoms with van der Waals surface area (Å²) in [5, 5.41) is 6.82. The van der Waals surface area contributed by atoms with Crippen LogP contribution >= 0.6 is 24.0 Å². The number of hydrogen-bond acceptors (Lipinski definition) is 3. The Morgan fingerprint density at radius 1 is 1.17 bits per heavy atom. The van der Waals surface area contributed by atoms with Crippen LogP contribution in [0, 0.1) is 0 Å². The lowest BCUT2D eigenvalue weighted by Crippen LogP contribution is -2.50. The first-order valence-corrected chi connectivity index (χ1v) is 10.7. The first-order valence-electron chi connectivity index (χ1n) is 10.7. The number of fused-ring (bicyclic) bond motifs is 1. The number of hydrogen-bond donors (Lipinski definition) is 2. The van der Waals surface area contributed by atoms with Crippen LogP contribution in [0.4, 0.5) is 0 Å². The van der Waals surface area contributed by atoms with Crippen LogP contribution in [0.25, 0.3) is 0 Å². The summed E-state index contributed by atoms with van der Waals surface area (Å²) in [6, 6.07) is 9.42.